The highest BCUT2D eigenvalue weighted by atomic mass is 16.3. The number of aliphatic hydroxyl groups is 1. The molecule has 0 fully saturated rings. The third-order valence-corrected chi connectivity index (χ3v) is 1.27. The molecule has 0 saturated heterocycles. The van der Waals surface area contributed by atoms with Gasteiger partial charge in [0, 0.05) is 6.07 Å². The minimum absolute atomic E-state index is 0.192. The topological polar surface area (TPSA) is 53.1 Å². The van der Waals surface area contributed by atoms with Crippen LogP contribution in [-0.4, -0.2) is 15.7 Å². The van der Waals surface area contributed by atoms with Gasteiger partial charge in [0.05, 0.1) is 5.69 Å². The Balaban J connectivity index is 2.97. The van der Waals surface area contributed by atoms with Crippen LogP contribution in [0, 0.1) is 11.8 Å². The van der Waals surface area contributed by atoms with E-state index in [0.29, 0.717) is 5.69 Å². The fraction of sp³-hybridized carbons (Fsp3) is 0.300. The monoisotopic (exact) mass is 177 g/mol. The highest BCUT2D eigenvalue weighted by molar-refractivity contribution is 5.29. The fourth-order valence-electron chi connectivity index (χ4n) is 0.741. The van der Waals surface area contributed by atoms with E-state index in [4.69, 9.17) is 0 Å². The Hall–Kier alpha value is -1.53. The zero-order valence-electron chi connectivity index (χ0n) is 7.59. The Morgan fingerprint density at radius 3 is 2.69 bits per heavy atom. The van der Waals surface area contributed by atoms with Gasteiger partial charge in [-0.3, -0.25) is 4.79 Å². The van der Waals surface area contributed by atoms with Crippen molar-refractivity contribution in [2.24, 2.45) is 0 Å². The molecule has 0 aliphatic heterocycles. The quantitative estimate of drug-likeness (QED) is 0.567. The van der Waals surface area contributed by atoms with Gasteiger partial charge in [0.25, 0.3) is 0 Å². The van der Waals surface area contributed by atoms with Gasteiger partial charge >= 0.3 is 0 Å². The van der Waals surface area contributed by atoms with Gasteiger partial charge in [0.15, 0.2) is 0 Å². The van der Waals surface area contributed by atoms with Crippen molar-refractivity contribution in [3.63, 3.8) is 0 Å². The summed E-state index contributed by atoms with van der Waals surface area (Å²) in [6.07, 6.45) is 0. The molecule has 13 heavy (non-hydrogen) atoms. The number of nitrogens with one attached hydrogen (secondary N) is 1. The first-order valence-corrected chi connectivity index (χ1v) is 3.92. The molecule has 0 aliphatic rings. The summed E-state index contributed by atoms with van der Waals surface area (Å²) in [6.45, 7) is 3.17. The normalized spacial score (nSPS) is 10.4. The molecule has 0 atom stereocenters. The molecule has 0 amide bonds. The van der Waals surface area contributed by atoms with Crippen molar-refractivity contribution < 1.29 is 5.11 Å². The molecule has 3 heteroatoms. The molecule has 1 aromatic heterocycles. The van der Waals surface area contributed by atoms with E-state index in [-0.39, 0.29) is 5.56 Å². The SMILES string of the molecule is CC(C)(O)C#Cc1cccc(=O)[nH]1. The van der Waals surface area contributed by atoms with Crippen LogP contribution in [0.4, 0.5) is 0 Å². The van der Waals surface area contributed by atoms with Gasteiger partial charge < -0.3 is 10.1 Å². The van der Waals surface area contributed by atoms with Crippen LogP contribution in [0.3, 0.4) is 0 Å². The molecule has 68 valence electrons. The van der Waals surface area contributed by atoms with Crippen LogP contribution >= 0.6 is 0 Å². The van der Waals surface area contributed by atoms with E-state index in [1.54, 1.807) is 26.0 Å². The largest absolute Gasteiger partial charge is 0.378 e. The average molecular weight is 177 g/mol. The van der Waals surface area contributed by atoms with Gasteiger partial charge in [-0.15, -0.1) is 0 Å². The Morgan fingerprint density at radius 1 is 1.46 bits per heavy atom. The minimum atomic E-state index is -1.03. The number of aromatic amines is 1. The van der Waals surface area contributed by atoms with Gasteiger partial charge in [-0.25, -0.2) is 0 Å². The second-order valence-corrected chi connectivity index (χ2v) is 3.24. The lowest BCUT2D eigenvalue weighted by molar-refractivity contribution is 0.143. The van der Waals surface area contributed by atoms with E-state index in [0.717, 1.165) is 0 Å². The summed E-state index contributed by atoms with van der Waals surface area (Å²) in [5.74, 6) is 5.27. The lowest BCUT2D eigenvalue weighted by atomic mass is 10.1. The molecule has 3 nitrogen and oxygen atoms in total. The van der Waals surface area contributed by atoms with E-state index in [2.05, 4.69) is 16.8 Å². The predicted molar refractivity (Wildman–Crippen MR) is 50.2 cm³/mol. The van der Waals surface area contributed by atoms with Crippen LogP contribution in [0.2, 0.25) is 0 Å². The first kappa shape index (κ1) is 9.56. The van der Waals surface area contributed by atoms with Crippen LogP contribution in [-0.2, 0) is 0 Å². The first-order chi connectivity index (χ1) is 5.97. The third-order valence-electron chi connectivity index (χ3n) is 1.27. The number of aromatic nitrogens is 1. The third kappa shape index (κ3) is 3.59. The van der Waals surface area contributed by atoms with Crippen LogP contribution in [0.1, 0.15) is 19.5 Å². The number of hydrogen-bond donors (Lipinski definition) is 2. The van der Waals surface area contributed by atoms with Crippen molar-refractivity contribution >= 4 is 0 Å². The Morgan fingerprint density at radius 2 is 2.15 bits per heavy atom. The van der Waals surface area contributed by atoms with Crippen molar-refractivity contribution in [1.82, 2.24) is 4.98 Å². The van der Waals surface area contributed by atoms with Gasteiger partial charge in [0.1, 0.15) is 5.60 Å². The lowest BCUT2D eigenvalue weighted by Gasteiger charge is -2.05. The number of hydrogen-bond acceptors (Lipinski definition) is 2. The summed E-state index contributed by atoms with van der Waals surface area (Å²) < 4.78 is 0. The molecular weight excluding hydrogens is 166 g/mol. The van der Waals surface area contributed by atoms with Gasteiger partial charge in [-0.2, -0.15) is 0 Å². The fourth-order valence-corrected chi connectivity index (χ4v) is 0.741. The highest BCUT2D eigenvalue weighted by Crippen LogP contribution is 1.97. The second kappa shape index (κ2) is 3.46. The van der Waals surface area contributed by atoms with Gasteiger partial charge in [-0.05, 0) is 25.8 Å². The summed E-state index contributed by atoms with van der Waals surface area (Å²) >= 11 is 0. The van der Waals surface area contributed by atoms with Crippen molar-refractivity contribution in [2.45, 2.75) is 19.4 Å². The predicted octanol–water partition coefficient (Wildman–Crippen LogP) is 0.497. The van der Waals surface area contributed by atoms with E-state index < -0.39 is 5.60 Å². The lowest BCUT2D eigenvalue weighted by Crippen LogP contribution is -2.14. The van der Waals surface area contributed by atoms with E-state index in [1.165, 1.54) is 6.07 Å². The first-order valence-electron chi connectivity index (χ1n) is 3.92. The Kier molecular flexibility index (Phi) is 2.54. The number of H-pyrrole nitrogens is 1. The van der Waals surface area contributed by atoms with Crippen LogP contribution in [0.25, 0.3) is 0 Å². The molecule has 0 aromatic carbocycles. The molecule has 1 aromatic rings. The molecule has 0 radical (unpaired) electrons. The molecular formula is C10H11NO2. The van der Waals surface area contributed by atoms with Crippen molar-refractivity contribution in [3.05, 3.63) is 34.2 Å². The molecule has 1 heterocycles. The maximum Gasteiger partial charge on any atom is 0.248 e. The zero-order valence-corrected chi connectivity index (χ0v) is 7.59. The van der Waals surface area contributed by atoms with Crippen LogP contribution in [0.5, 0.6) is 0 Å². The second-order valence-electron chi connectivity index (χ2n) is 3.24. The average Bonchev–Trinajstić information content (AvgIpc) is 2.00. The summed E-state index contributed by atoms with van der Waals surface area (Å²) in [7, 11) is 0. The zero-order chi connectivity index (χ0) is 9.90. The van der Waals surface area contributed by atoms with Crippen LogP contribution in [0.15, 0.2) is 23.0 Å². The Labute approximate surface area is 76.4 Å². The maximum atomic E-state index is 10.8. The number of rotatable bonds is 0. The summed E-state index contributed by atoms with van der Waals surface area (Å²) in [4.78, 5) is 13.4. The summed E-state index contributed by atoms with van der Waals surface area (Å²) in [5, 5.41) is 9.28. The molecule has 0 bridgehead atoms. The van der Waals surface area contributed by atoms with E-state index in [1.807, 2.05) is 0 Å². The van der Waals surface area contributed by atoms with Gasteiger partial charge in [0.2, 0.25) is 5.56 Å². The molecule has 0 unspecified atom stereocenters. The molecule has 2 N–H and O–H groups in total. The van der Waals surface area contributed by atoms with Crippen LogP contribution < -0.4 is 5.56 Å². The van der Waals surface area contributed by atoms with E-state index in [9.17, 15) is 9.90 Å². The number of pyridine rings is 1. The van der Waals surface area contributed by atoms with Crippen molar-refractivity contribution in [1.29, 1.82) is 0 Å². The standard InChI is InChI=1S/C10H11NO2/c1-10(2,13)7-6-8-4-3-5-9(12)11-8/h3-5,13H,1-2H3,(H,11,12). The molecule has 0 aliphatic carbocycles. The molecule has 0 spiro atoms. The Bertz CT molecular complexity index is 401. The summed E-state index contributed by atoms with van der Waals surface area (Å²) in [5.41, 5.74) is -0.718. The van der Waals surface area contributed by atoms with Crippen molar-refractivity contribution in [2.75, 3.05) is 0 Å². The maximum absolute atomic E-state index is 10.8. The molecule has 0 saturated carbocycles. The highest BCUT2D eigenvalue weighted by Gasteiger charge is 2.05. The summed E-state index contributed by atoms with van der Waals surface area (Å²) in [6, 6.07) is 4.71. The van der Waals surface area contributed by atoms with Crippen molar-refractivity contribution in [3.8, 4) is 11.8 Å². The molecule has 1 rings (SSSR count). The smallest absolute Gasteiger partial charge is 0.248 e. The van der Waals surface area contributed by atoms with E-state index >= 15 is 0 Å². The minimum Gasteiger partial charge on any atom is -0.378 e. The van der Waals surface area contributed by atoms with Gasteiger partial charge in [-0.1, -0.05) is 12.0 Å².